The van der Waals surface area contributed by atoms with Crippen LogP contribution in [0.25, 0.3) is 0 Å². The van der Waals surface area contributed by atoms with Crippen molar-refractivity contribution >= 4 is 27.9 Å². The molecule has 1 atom stereocenters. The van der Waals surface area contributed by atoms with E-state index in [1.54, 1.807) is 6.92 Å². The number of carbonyl (C=O) groups is 2. The Morgan fingerprint density at radius 2 is 2.14 bits per heavy atom. The SMILES string of the molecule is C[C@H](C(=O)N1CCNC1=O)N(C)CCOc1ccc(Br)cc1. The molecule has 120 valence electrons. The zero-order valence-electron chi connectivity index (χ0n) is 12.7. The predicted octanol–water partition coefficient (Wildman–Crippen LogP) is 1.70. The van der Waals surface area contributed by atoms with Crippen LogP contribution >= 0.6 is 15.9 Å². The van der Waals surface area contributed by atoms with Gasteiger partial charge >= 0.3 is 6.03 Å². The second kappa shape index (κ2) is 7.60. The number of urea groups is 1. The number of likely N-dealkylation sites (N-methyl/N-ethyl adjacent to an activating group) is 1. The first kappa shape index (κ1) is 16.8. The van der Waals surface area contributed by atoms with E-state index in [0.29, 0.717) is 26.2 Å². The van der Waals surface area contributed by atoms with Gasteiger partial charge in [-0.1, -0.05) is 15.9 Å². The molecule has 3 amide bonds. The Balaban J connectivity index is 1.78. The summed E-state index contributed by atoms with van der Waals surface area (Å²) in [4.78, 5) is 26.9. The zero-order valence-corrected chi connectivity index (χ0v) is 14.3. The Morgan fingerprint density at radius 1 is 1.45 bits per heavy atom. The highest BCUT2D eigenvalue weighted by atomic mass is 79.9. The van der Waals surface area contributed by atoms with Gasteiger partial charge in [0.15, 0.2) is 0 Å². The number of imide groups is 1. The number of halogens is 1. The first-order chi connectivity index (χ1) is 10.5. The third kappa shape index (κ3) is 4.20. The van der Waals surface area contributed by atoms with E-state index in [2.05, 4.69) is 21.2 Å². The fourth-order valence-electron chi connectivity index (χ4n) is 2.13. The molecule has 1 heterocycles. The fraction of sp³-hybridized carbons (Fsp3) is 0.467. The monoisotopic (exact) mass is 369 g/mol. The second-order valence-electron chi connectivity index (χ2n) is 5.18. The zero-order chi connectivity index (χ0) is 16.1. The van der Waals surface area contributed by atoms with Gasteiger partial charge in [0.1, 0.15) is 12.4 Å². The summed E-state index contributed by atoms with van der Waals surface area (Å²) in [6.45, 7) is 3.83. The highest BCUT2D eigenvalue weighted by Crippen LogP contribution is 2.16. The van der Waals surface area contributed by atoms with E-state index < -0.39 is 0 Å². The summed E-state index contributed by atoms with van der Waals surface area (Å²) in [6, 6.07) is 6.92. The van der Waals surface area contributed by atoms with Crippen molar-refractivity contribution in [2.45, 2.75) is 13.0 Å². The molecule has 22 heavy (non-hydrogen) atoms. The van der Waals surface area contributed by atoms with Crippen LogP contribution in [0.4, 0.5) is 4.79 Å². The van der Waals surface area contributed by atoms with Gasteiger partial charge < -0.3 is 10.1 Å². The molecule has 0 spiro atoms. The van der Waals surface area contributed by atoms with E-state index in [0.717, 1.165) is 10.2 Å². The summed E-state index contributed by atoms with van der Waals surface area (Å²) in [6.07, 6.45) is 0. The maximum atomic E-state index is 12.2. The van der Waals surface area contributed by atoms with E-state index in [1.807, 2.05) is 36.2 Å². The molecule has 0 radical (unpaired) electrons. The molecule has 1 aliphatic heterocycles. The molecule has 0 bridgehead atoms. The van der Waals surface area contributed by atoms with E-state index in [-0.39, 0.29) is 18.0 Å². The van der Waals surface area contributed by atoms with Gasteiger partial charge in [-0.25, -0.2) is 4.79 Å². The molecule has 1 aromatic carbocycles. The van der Waals surface area contributed by atoms with E-state index in [1.165, 1.54) is 4.90 Å². The van der Waals surface area contributed by atoms with Crippen LogP contribution < -0.4 is 10.1 Å². The lowest BCUT2D eigenvalue weighted by molar-refractivity contribution is -0.132. The maximum Gasteiger partial charge on any atom is 0.324 e. The number of ether oxygens (including phenoxy) is 1. The third-order valence-corrected chi connectivity index (χ3v) is 4.20. The summed E-state index contributed by atoms with van der Waals surface area (Å²) >= 11 is 3.37. The van der Waals surface area contributed by atoms with Gasteiger partial charge in [-0.2, -0.15) is 0 Å². The molecular weight excluding hydrogens is 350 g/mol. The summed E-state index contributed by atoms with van der Waals surface area (Å²) in [7, 11) is 1.85. The van der Waals surface area contributed by atoms with Crippen molar-refractivity contribution in [3.63, 3.8) is 0 Å². The molecule has 1 fully saturated rings. The molecule has 0 aliphatic carbocycles. The Labute approximate surface area is 138 Å². The van der Waals surface area contributed by atoms with Crippen LogP contribution in [0, 0.1) is 0 Å². The first-order valence-electron chi connectivity index (χ1n) is 7.17. The Bertz CT molecular complexity index is 535. The quantitative estimate of drug-likeness (QED) is 0.828. The number of hydrogen-bond acceptors (Lipinski definition) is 4. The first-order valence-corrected chi connectivity index (χ1v) is 7.96. The number of carbonyl (C=O) groups excluding carboxylic acids is 2. The molecular formula is C15H20BrN3O3. The van der Waals surface area contributed by atoms with Crippen LogP contribution in [0.2, 0.25) is 0 Å². The molecule has 0 unspecified atom stereocenters. The largest absolute Gasteiger partial charge is 0.492 e. The van der Waals surface area contributed by atoms with Crippen molar-refractivity contribution in [3.8, 4) is 5.75 Å². The highest BCUT2D eigenvalue weighted by molar-refractivity contribution is 9.10. The summed E-state index contributed by atoms with van der Waals surface area (Å²) in [5.74, 6) is 0.607. The minimum atomic E-state index is -0.364. The van der Waals surface area contributed by atoms with Crippen LogP contribution in [-0.4, -0.2) is 61.1 Å². The van der Waals surface area contributed by atoms with Crippen LogP contribution in [-0.2, 0) is 4.79 Å². The number of rotatable bonds is 6. The lowest BCUT2D eigenvalue weighted by Gasteiger charge is -2.26. The van der Waals surface area contributed by atoms with E-state index >= 15 is 0 Å². The summed E-state index contributed by atoms with van der Waals surface area (Å²) in [5, 5.41) is 2.63. The average Bonchev–Trinajstić information content (AvgIpc) is 2.93. The van der Waals surface area contributed by atoms with Gasteiger partial charge in [0.2, 0.25) is 5.91 Å². The Kier molecular flexibility index (Phi) is 5.79. The van der Waals surface area contributed by atoms with Crippen LogP contribution in [0.1, 0.15) is 6.92 Å². The lowest BCUT2D eigenvalue weighted by atomic mass is 10.2. The minimum absolute atomic E-state index is 0.179. The van der Waals surface area contributed by atoms with Gasteiger partial charge in [-0.3, -0.25) is 14.6 Å². The summed E-state index contributed by atoms with van der Waals surface area (Å²) in [5.41, 5.74) is 0. The van der Waals surface area contributed by atoms with Crippen LogP contribution in [0.15, 0.2) is 28.7 Å². The topological polar surface area (TPSA) is 61.9 Å². The molecule has 2 rings (SSSR count). The number of nitrogens with one attached hydrogen (secondary N) is 1. The van der Waals surface area contributed by atoms with E-state index in [9.17, 15) is 9.59 Å². The van der Waals surface area contributed by atoms with Gasteiger partial charge in [0.25, 0.3) is 0 Å². The molecule has 0 aromatic heterocycles. The fourth-order valence-corrected chi connectivity index (χ4v) is 2.39. The predicted molar refractivity (Wildman–Crippen MR) is 86.8 cm³/mol. The second-order valence-corrected chi connectivity index (χ2v) is 6.10. The number of nitrogens with zero attached hydrogens (tertiary/aromatic N) is 2. The average molecular weight is 370 g/mol. The normalized spacial score (nSPS) is 15.8. The van der Waals surface area contributed by atoms with Crippen molar-refractivity contribution < 1.29 is 14.3 Å². The molecule has 0 saturated carbocycles. The van der Waals surface area contributed by atoms with E-state index in [4.69, 9.17) is 4.74 Å². The van der Waals surface area contributed by atoms with Crippen molar-refractivity contribution in [1.82, 2.24) is 15.1 Å². The molecule has 7 heteroatoms. The third-order valence-electron chi connectivity index (χ3n) is 3.67. The standard InChI is InChI=1S/C15H20BrN3O3/c1-11(14(20)19-8-7-17-15(19)21)18(2)9-10-22-13-5-3-12(16)4-6-13/h3-6,11H,7-10H2,1-2H3,(H,17,21)/t11-/m1/s1. The molecule has 6 nitrogen and oxygen atoms in total. The van der Waals surface area contributed by atoms with Gasteiger partial charge in [-0.15, -0.1) is 0 Å². The van der Waals surface area contributed by atoms with Crippen molar-refractivity contribution in [2.75, 3.05) is 33.3 Å². The number of amides is 3. The van der Waals surface area contributed by atoms with Crippen molar-refractivity contribution in [1.29, 1.82) is 0 Å². The molecule has 1 saturated heterocycles. The molecule has 1 aromatic rings. The number of hydrogen-bond donors (Lipinski definition) is 1. The lowest BCUT2D eigenvalue weighted by Crippen LogP contribution is -2.47. The maximum absolute atomic E-state index is 12.2. The van der Waals surface area contributed by atoms with Crippen LogP contribution in [0.5, 0.6) is 5.75 Å². The molecule has 1 N–H and O–H groups in total. The smallest absolute Gasteiger partial charge is 0.324 e. The molecule has 1 aliphatic rings. The minimum Gasteiger partial charge on any atom is -0.492 e. The number of benzene rings is 1. The van der Waals surface area contributed by atoms with Gasteiger partial charge in [0, 0.05) is 24.1 Å². The Hall–Kier alpha value is -1.60. The summed E-state index contributed by atoms with van der Waals surface area (Å²) < 4.78 is 6.64. The van der Waals surface area contributed by atoms with Crippen LogP contribution in [0.3, 0.4) is 0 Å². The van der Waals surface area contributed by atoms with Crippen molar-refractivity contribution in [2.24, 2.45) is 0 Å². The highest BCUT2D eigenvalue weighted by Gasteiger charge is 2.31. The van der Waals surface area contributed by atoms with Gasteiger partial charge in [-0.05, 0) is 38.2 Å². The van der Waals surface area contributed by atoms with Crippen molar-refractivity contribution in [3.05, 3.63) is 28.7 Å². The Morgan fingerprint density at radius 3 is 2.73 bits per heavy atom. The van der Waals surface area contributed by atoms with Gasteiger partial charge in [0.05, 0.1) is 6.04 Å².